The van der Waals surface area contributed by atoms with Crippen LogP contribution in [0.5, 0.6) is 5.75 Å². The van der Waals surface area contributed by atoms with Gasteiger partial charge in [-0.05, 0) is 84.4 Å². The summed E-state index contributed by atoms with van der Waals surface area (Å²) in [7, 11) is 1.57. The van der Waals surface area contributed by atoms with Gasteiger partial charge in [-0.25, -0.2) is 0 Å². The van der Waals surface area contributed by atoms with Crippen molar-refractivity contribution in [3.05, 3.63) is 120 Å². The summed E-state index contributed by atoms with van der Waals surface area (Å²) in [5.41, 5.74) is 2.98. The first-order valence-electron chi connectivity index (χ1n) is 13.2. The Labute approximate surface area is 253 Å². The maximum atomic E-state index is 13.3. The number of benzene rings is 4. The zero-order valence-corrected chi connectivity index (χ0v) is 24.4. The summed E-state index contributed by atoms with van der Waals surface area (Å²) in [4.78, 5) is 50.5. The van der Waals surface area contributed by atoms with E-state index in [1.807, 2.05) is 0 Å². The van der Waals surface area contributed by atoms with E-state index in [0.717, 1.165) is 4.90 Å². The van der Waals surface area contributed by atoms with Crippen molar-refractivity contribution in [1.82, 2.24) is 5.32 Å². The molecule has 43 heavy (non-hydrogen) atoms. The van der Waals surface area contributed by atoms with Gasteiger partial charge in [0.1, 0.15) is 11.4 Å². The van der Waals surface area contributed by atoms with Crippen LogP contribution in [0, 0.1) is 0 Å². The number of methoxy groups -OCH3 is 1. The van der Waals surface area contributed by atoms with Gasteiger partial charge in [0.05, 0.1) is 12.9 Å². The van der Waals surface area contributed by atoms with E-state index in [9.17, 15) is 19.2 Å². The summed E-state index contributed by atoms with van der Waals surface area (Å²) in [6.45, 7) is 1.43. The molecule has 0 saturated carbocycles. The lowest BCUT2D eigenvalue weighted by atomic mass is 10.1. The van der Waals surface area contributed by atoms with Gasteiger partial charge in [-0.15, -0.1) is 11.8 Å². The molecule has 4 aromatic carbocycles. The van der Waals surface area contributed by atoms with Crippen LogP contribution in [0.25, 0.3) is 6.08 Å². The minimum absolute atomic E-state index is 0.0687. The maximum absolute atomic E-state index is 13.3. The molecule has 10 heteroatoms. The Balaban J connectivity index is 1.37. The van der Waals surface area contributed by atoms with Crippen LogP contribution in [-0.4, -0.2) is 36.5 Å². The molecule has 0 heterocycles. The molecule has 0 spiro atoms. The molecule has 4 rings (SSSR count). The van der Waals surface area contributed by atoms with Crippen molar-refractivity contribution in [3.8, 4) is 5.75 Å². The number of carbonyl (C=O) groups is 4. The highest BCUT2D eigenvalue weighted by atomic mass is 32.2. The molecule has 0 radical (unpaired) electrons. The number of carbonyl (C=O) groups excluding carboxylic acids is 4. The number of hydrogen-bond donors (Lipinski definition) is 4. The largest absolute Gasteiger partial charge is 0.497 e. The van der Waals surface area contributed by atoms with Crippen LogP contribution in [0.3, 0.4) is 0 Å². The second kappa shape index (κ2) is 15.0. The quantitative estimate of drug-likeness (QED) is 0.129. The van der Waals surface area contributed by atoms with Crippen molar-refractivity contribution in [3.63, 3.8) is 0 Å². The third-order valence-electron chi connectivity index (χ3n) is 5.93. The summed E-state index contributed by atoms with van der Waals surface area (Å²) in [6.07, 6.45) is 1.59. The highest BCUT2D eigenvalue weighted by Gasteiger charge is 2.15. The number of anilines is 3. The smallest absolute Gasteiger partial charge is 0.272 e. The van der Waals surface area contributed by atoms with E-state index in [2.05, 4.69) is 21.3 Å². The molecule has 0 fully saturated rings. The van der Waals surface area contributed by atoms with E-state index in [1.165, 1.54) is 18.7 Å². The Morgan fingerprint density at radius 1 is 0.721 bits per heavy atom. The van der Waals surface area contributed by atoms with E-state index in [-0.39, 0.29) is 23.3 Å². The molecule has 0 aliphatic carbocycles. The van der Waals surface area contributed by atoms with Gasteiger partial charge < -0.3 is 26.0 Å². The third kappa shape index (κ3) is 9.61. The van der Waals surface area contributed by atoms with E-state index in [0.29, 0.717) is 33.9 Å². The number of hydrogen-bond acceptors (Lipinski definition) is 6. The Kier molecular flexibility index (Phi) is 10.7. The zero-order valence-electron chi connectivity index (χ0n) is 23.5. The van der Waals surface area contributed by atoms with Gasteiger partial charge in [0, 0.05) is 34.4 Å². The molecular weight excluding hydrogens is 564 g/mol. The SMILES string of the molecule is COc1ccc(/C=C(\NC(=O)c2ccccc2)C(=O)Nc2ccc(SCC(=O)Nc3ccc(NC(C)=O)cc3)cc2)cc1. The van der Waals surface area contributed by atoms with Crippen molar-refractivity contribution >= 4 is 58.5 Å². The van der Waals surface area contributed by atoms with Crippen LogP contribution in [0.4, 0.5) is 17.1 Å². The second-order valence-corrected chi connectivity index (χ2v) is 10.3. The molecule has 9 nitrogen and oxygen atoms in total. The molecule has 0 atom stereocenters. The first-order chi connectivity index (χ1) is 20.8. The summed E-state index contributed by atoms with van der Waals surface area (Å²) in [5.74, 6) is -0.409. The number of nitrogens with one attached hydrogen (secondary N) is 4. The van der Waals surface area contributed by atoms with Gasteiger partial charge in [0.2, 0.25) is 11.8 Å². The number of ether oxygens (including phenoxy) is 1. The monoisotopic (exact) mass is 594 g/mol. The molecule has 4 aromatic rings. The lowest BCUT2D eigenvalue weighted by molar-refractivity contribution is -0.114. The van der Waals surface area contributed by atoms with Gasteiger partial charge in [-0.1, -0.05) is 30.3 Å². The first kappa shape index (κ1) is 30.6. The van der Waals surface area contributed by atoms with Gasteiger partial charge in [0.15, 0.2) is 0 Å². The Hall–Kier alpha value is -5.35. The van der Waals surface area contributed by atoms with Gasteiger partial charge in [0.25, 0.3) is 11.8 Å². The number of rotatable bonds is 11. The average molecular weight is 595 g/mol. The molecule has 0 unspecified atom stereocenters. The minimum atomic E-state index is -0.496. The second-order valence-electron chi connectivity index (χ2n) is 9.23. The van der Waals surface area contributed by atoms with Crippen LogP contribution >= 0.6 is 11.8 Å². The van der Waals surface area contributed by atoms with E-state index in [1.54, 1.807) is 116 Å². The summed E-state index contributed by atoms with van der Waals surface area (Å²) >= 11 is 1.34. The topological polar surface area (TPSA) is 126 Å². The molecule has 0 aliphatic rings. The van der Waals surface area contributed by atoms with Crippen molar-refractivity contribution in [2.45, 2.75) is 11.8 Å². The van der Waals surface area contributed by atoms with Crippen molar-refractivity contribution < 1.29 is 23.9 Å². The van der Waals surface area contributed by atoms with Gasteiger partial charge >= 0.3 is 0 Å². The molecule has 4 N–H and O–H groups in total. The van der Waals surface area contributed by atoms with Crippen molar-refractivity contribution in [2.75, 3.05) is 28.8 Å². The fourth-order valence-corrected chi connectivity index (χ4v) is 4.53. The predicted octanol–water partition coefficient (Wildman–Crippen LogP) is 5.79. The third-order valence-corrected chi connectivity index (χ3v) is 6.94. The summed E-state index contributed by atoms with van der Waals surface area (Å²) in [6, 6.07) is 29.6. The highest BCUT2D eigenvalue weighted by molar-refractivity contribution is 8.00. The van der Waals surface area contributed by atoms with Crippen LogP contribution in [-0.2, 0) is 14.4 Å². The van der Waals surface area contributed by atoms with E-state index in [4.69, 9.17) is 4.74 Å². The molecule has 0 aliphatic heterocycles. The van der Waals surface area contributed by atoms with Crippen LogP contribution in [0.2, 0.25) is 0 Å². The normalized spacial score (nSPS) is 10.8. The van der Waals surface area contributed by atoms with Crippen LogP contribution in [0.1, 0.15) is 22.8 Å². The summed E-state index contributed by atoms with van der Waals surface area (Å²) < 4.78 is 5.20. The van der Waals surface area contributed by atoms with Crippen LogP contribution in [0.15, 0.2) is 114 Å². The Morgan fingerprint density at radius 3 is 1.91 bits per heavy atom. The fraction of sp³-hybridized carbons (Fsp3) is 0.0909. The Bertz CT molecular complexity index is 1600. The van der Waals surface area contributed by atoms with Gasteiger partial charge in [-0.2, -0.15) is 0 Å². The number of thioether (sulfide) groups is 1. The average Bonchev–Trinajstić information content (AvgIpc) is 3.02. The van der Waals surface area contributed by atoms with Gasteiger partial charge in [-0.3, -0.25) is 19.2 Å². The zero-order chi connectivity index (χ0) is 30.6. The fourth-order valence-electron chi connectivity index (χ4n) is 3.83. The molecule has 4 amide bonds. The maximum Gasteiger partial charge on any atom is 0.272 e. The molecule has 218 valence electrons. The van der Waals surface area contributed by atoms with E-state index < -0.39 is 11.8 Å². The van der Waals surface area contributed by atoms with Crippen molar-refractivity contribution in [2.24, 2.45) is 0 Å². The predicted molar refractivity (Wildman–Crippen MR) is 170 cm³/mol. The first-order valence-corrected chi connectivity index (χ1v) is 14.2. The standard InChI is InChI=1S/C33H30N4O5S/c1-22(38)34-25-10-12-26(13-11-25)35-31(39)21-43-29-18-14-27(15-19-29)36-33(41)30(20-23-8-16-28(42-2)17-9-23)37-32(40)24-6-4-3-5-7-24/h3-20H,21H2,1-2H3,(H,34,38)(H,35,39)(H,36,41)(H,37,40)/b30-20-. The van der Waals surface area contributed by atoms with Crippen LogP contribution < -0.4 is 26.0 Å². The molecule has 0 bridgehead atoms. The number of amides is 4. The molecule has 0 aromatic heterocycles. The highest BCUT2D eigenvalue weighted by Crippen LogP contribution is 2.22. The van der Waals surface area contributed by atoms with E-state index >= 15 is 0 Å². The molecule has 0 saturated heterocycles. The lowest BCUT2D eigenvalue weighted by Gasteiger charge is -2.12. The van der Waals surface area contributed by atoms with Crippen molar-refractivity contribution in [1.29, 1.82) is 0 Å². The summed E-state index contributed by atoms with van der Waals surface area (Å²) in [5, 5.41) is 11.0. The lowest BCUT2D eigenvalue weighted by Crippen LogP contribution is -2.30. The Morgan fingerprint density at radius 2 is 1.30 bits per heavy atom. The molecular formula is C33H30N4O5S. The minimum Gasteiger partial charge on any atom is -0.497 e.